The van der Waals surface area contributed by atoms with E-state index in [2.05, 4.69) is 41.4 Å². The molecule has 5 heteroatoms. The molecule has 2 heterocycles. The Hall–Kier alpha value is -2.66. The molecule has 2 aromatic rings. The molecule has 152 valence electrons. The van der Waals surface area contributed by atoms with Crippen molar-refractivity contribution in [2.75, 3.05) is 25.0 Å². The summed E-state index contributed by atoms with van der Waals surface area (Å²) >= 11 is 0. The van der Waals surface area contributed by atoms with Crippen LogP contribution in [0.15, 0.2) is 54.6 Å². The van der Waals surface area contributed by atoms with Gasteiger partial charge >= 0.3 is 0 Å². The van der Waals surface area contributed by atoms with Crippen LogP contribution in [-0.2, 0) is 11.3 Å². The van der Waals surface area contributed by atoms with Crippen LogP contribution in [0.1, 0.15) is 48.5 Å². The Morgan fingerprint density at radius 3 is 2.38 bits per heavy atom. The van der Waals surface area contributed by atoms with Crippen molar-refractivity contribution in [3.8, 4) is 0 Å². The summed E-state index contributed by atoms with van der Waals surface area (Å²) in [4.78, 5) is 31.1. The van der Waals surface area contributed by atoms with Crippen LogP contribution in [0.4, 0.5) is 5.69 Å². The number of hydrogen-bond donors (Lipinski definition) is 1. The van der Waals surface area contributed by atoms with Crippen molar-refractivity contribution in [3.05, 3.63) is 65.7 Å². The lowest BCUT2D eigenvalue weighted by Crippen LogP contribution is -2.62. The Bertz CT molecular complexity index is 873. The highest BCUT2D eigenvalue weighted by Gasteiger charge is 2.50. The van der Waals surface area contributed by atoms with Gasteiger partial charge in [-0.2, -0.15) is 0 Å². The van der Waals surface area contributed by atoms with Crippen LogP contribution in [0.25, 0.3) is 0 Å². The molecule has 2 amide bonds. The zero-order valence-electron chi connectivity index (χ0n) is 17.1. The average Bonchev–Trinajstić information content (AvgIpc) is 2.83. The van der Waals surface area contributed by atoms with E-state index in [0.29, 0.717) is 30.6 Å². The number of fused-ring (bicyclic) bond motifs is 1. The Morgan fingerprint density at radius 2 is 1.66 bits per heavy atom. The zero-order chi connectivity index (χ0) is 20.3. The van der Waals surface area contributed by atoms with Crippen molar-refractivity contribution in [3.63, 3.8) is 0 Å². The van der Waals surface area contributed by atoms with Crippen LogP contribution in [0.5, 0.6) is 0 Å². The van der Waals surface area contributed by atoms with Gasteiger partial charge < -0.3 is 10.2 Å². The molecular formula is C24H29N3O2. The van der Waals surface area contributed by atoms with E-state index in [4.69, 9.17) is 0 Å². The van der Waals surface area contributed by atoms with Gasteiger partial charge in [0.25, 0.3) is 5.91 Å². The monoisotopic (exact) mass is 391 g/mol. The number of piperidine rings is 1. The maximum Gasteiger partial charge on any atom is 0.256 e. The lowest BCUT2D eigenvalue weighted by atomic mass is 9.84. The molecule has 0 atom stereocenters. The molecule has 0 aliphatic carbocycles. The van der Waals surface area contributed by atoms with Crippen LogP contribution in [0.2, 0.25) is 0 Å². The topological polar surface area (TPSA) is 52.7 Å². The summed E-state index contributed by atoms with van der Waals surface area (Å²) in [6, 6.07) is 17.8. The number of carbonyl (C=O) groups excluding carboxylic acids is 2. The molecule has 2 aromatic carbocycles. The number of rotatable bonds is 5. The molecule has 29 heavy (non-hydrogen) atoms. The average molecular weight is 392 g/mol. The number of likely N-dealkylation sites (tertiary alicyclic amines) is 1. The summed E-state index contributed by atoms with van der Waals surface area (Å²) in [6.07, 6.45) is 3.21. The van der Waals surface area contributed by atoms with Gasteiger partial charge in [0.05, 0.1) is 11.3 Å². The lowest BCUT2D eigenvalue weighted by Gasteiger charge is -2.46. The molecule has 0 saturated carbocycles. The first kappa shape index (κ1) is 19.6. The fourth-order valence-corrected chi connectivity index (χ4v) is 4.53. The number of benzene rings is 2. The number of unbranched alkanes of at least 4 members (excludes halogenated alkanes) is 1. The predicted octanol–water partition coefficient (Wildman–Crippen LogP) is 3.92. The predicted molar refractivity (Wildman–Crippen MR) is 115 cm³/mol. The summed E-state index contributed by atoms with van der Waals surface area (Å²) in [6.45, 7) is 5.21. The zero-order valence-corrected chi connectivity index (χ0v) is 17.1. The Kier molecular flexibility index (Phi) is 5.67. The molecule has 1 spiro atoms. The summed E-state index contributed by atoms with van der Waals surface area (Å²) in [5.41, 5.74) is 1.74. The number of amides is 2. The van der Waals surface area contributed by atoms with E-state index in [1.807, 2.05) is 35.2 Å². The third-order valence-electron chi connectivity index (χ3n) is 6.26. The third kappa shape index (κ3) is 3.79. The number of hydrogen-bond acceptors (Lipinski definition) is 3. The molecule has 2 aliphatic rings. The number of para-hydroxylation sites is 1. The number of anilines is 1. The van der Waals surface area contributed by atoms with E-state index in [1.165, 1.54) is 5.56 Å². The minimum atomic E-state index is -0.765. The Labute approximate surface area is 172 Å². The van der Waals surface area contributed by atoms with Gasteiger partial charge in [-0.15, -0.1) is 0 Å². The van der Waals surface area contributed by atoms with Crippen LogP contribution in [-0.4, -0.2) is 46.8 Å². The van der Waals surface area contributed by atoms with Crippen molar-refractivity contribution in [1.29, 1.82) is 0 Å². The van der Waals surface area contributed by atoms with Crippen molar-refractivity contribution in [2.24, 2.45) is 0 Å². The van der Waals surface area contributed by atoms with E-state index < -0.39 is 5.54 Å². The molecule has 5 nitrogen and oxygen atoms in total. The van der Waals surface area contributed by atoms with E-state index in [1.54, 1.807) is 0 Å². The Morgan fingerprint density at radius 1 is 0.966 bits per heavy atom. The van der Waals surface area contributed by atoms with Gasteiger partial charge in [-0.3, -0.25) is 14.5 Å². The lowest BCUT2D eigenvalue weighted by molar-refractivity contribution is -0.129. The first-order valence-corrected chi connectivity index (χ1v) is 10.6. The summed E-state index contributed by atoms with van der Waals surface area (Å²) in [5, 5.41) is 3.06. The Balaban J connectivity index is 1.59. The molecule has 4 rings (SSSR count). The standard InChI is InChI=1S/C24H29N3O2/c1-2-3-15-27-22(28)20-11-7-8-12-21(20)25-23(29)24(27)13-16-26(17-14-24)18-19-9-5-4-6-10-19/h4-12H,2-3,13-18H2,1H3,(H,25,29). The first-order valence-electron chi connectivity index (χ1n) is 10.6. The molecule has 0 radical (unpaired) electrons. The second-order valence-corrected chi connectivity index (χ2v) is 8.10. The maximum atomic E-state index is 13.5. The van der Waals surface area contributed by atoms with Crippen molar-refractivity contribution in [2.45, 2.75) is 44.7 Å². The van der Waals surface area contributed by atoms with Crippen molar-refractivity contribution >= 4 is 17.5 Å². The molecular weight excluding hydrogens is 362 g/mol. The van der Waals surface area contributed by atoms with E-state index in [0.717, 1.165) is 32.5 Å². The second kappa shape index (κ2) is 8.37. The third-order valence-corrected chi connectivity index (χ3v) is 6.26. The molecule has 0 unspecified atom stereocenters. The normalized spacial score (nSPS) is 19.0. The molecule has 1 N–H and O–H groups in total. The van der Waals surface area contributed by atoms with Crippen LogP contribution >= 0.6 is 0 Å². The van der Waals surface area contributed by atoms with Gasteiger partial charge in [0, 0.05) is 26.2 Å². The molecule has 1 saturated heterocycles. The van der Waals surface area contributed by atoms with E-state index in [-0.39, 0.29) is 11.8 Å². The summed E-state index contributed by atoms with van der Waals surface area (Å²) < 4.78 is 0. The molecule has 2 aliphatic heterocycles. The van der Waals surface area contributed by atoms with E-state index in [9.17, 15) is 9.59 Å². The number of nitrogens with one attached hydrogen (secondary N) is 1. The molecule has 0 bridgehead atoms. The van der Waals surface area contributed by atoms with Gasteiger partial charge in [0.1, 0.15) is 5.54 Å². The van der Waals surface area contributed by atoms with Gasteiger partial charge in [0.2, 0.25) is 5.91 Å². The fourth-order valence-electron chi connectivity index (χ4n) is 4.53. The largest absolute Gasteiger partial charge is 0.324 e. The highest BCUT2D eigenvalue weighted by molar-refractivity contribution is 6.11. The minimum Gasteiger partial charge on any atom is -0.324 e. The highest BCUT2D eigenvalue weighted by Crippen LogP contribution is 2.36. The number of carbonyl (C=O) groups is 2. The highest BCUT2D eigenvalue weighted by atomic mass is 16.2. The van der Waals surface area contributed by atoms with Crippen molar-refractivity contribution in [1.82, 2.24) is 9.80 Å². The fraction of sp³-hybridized carbons (Fsp3) is 0.417. The quantitative estimate of drug-likeness (QED) is 0.841. The summed E-state index contributed by atoms with van der Waals surface area (Å²) in [5.74, 6) is -0.0600. The van der Waals surface area contributed by atoms with Crippen LogP contribution < -0.4 is 5.32 Å². The maximum absolute atomic E-state index is 13.5. The van der Waals surface area contributed by atoms with Gasteiger partial charge in [0.15, 0.2) is 0 Å². The molecule has 0 aromatic heterocycles. The summed E-state index contributed by atoms with van der Waals surface area (Å²) in [7, 11) is 0. The van der Waals surface area contributed by atoms with Crippen LogP contribution in [0.3, 0.4) is 0 Å². The van der Waals surface area contributed by atoms with Crippen LogP contribution in [0, 0.1) is 0 Å². The SMILES string of the molecule is CCCCN1C(=O)c2ccccc2NC(=O)C12CCN(Cc1ccccc1)CC2. The smallest absolute Gasteiger partial charge is 0.256 e. The van der Waals surface area contributed by atoms with Gasteiger partial charge in [-0.1, -0.05) is 55.8 Å². The number of nitrogens with zero attached hydrogens (tertiary/aromatic N) is 2. The van der Waals surface area contributed by atoms with Crippen molar-refractivity contribution < 1.29 is 9.59 Å². The second-order valence-electron chi connectivity index (χ2n) is 8.10. The first-order chi connectivity index (χ1) is 14.1. The van der Waals surface area contributed by atoms with Gasteiger partial charge in [-0.25, -0.2) is 0 Å². The van der Waals surface area contributed by atoms with E-state index >= 15 is 0 Å². The molecule has 1 fully saturated rings. The minimum absolute atomic E-state index is 0.0242. The van der Waals surface area contributed by atoms with Gasteiger partial charge in [-0.05, 0) is 37.0 Å².